The van der Waals surface area contributed by atoms with E-state index < -0.39 is 8.07 Å². The Morgan fingerprint density at radius 2 is 1.92 bits per heavy atom. The third-order valence-electron chi connectivity index (χ3n) is 2.03. The van der Waals surface area contributed by atoms with Crippen LogP contribution in [-0.4, -0.2) is 8.07 Å². The minimum Gasteiger partial charge on any atom is -0.133 e. The molecule has 0 saturated heterocycles. The molecule has 1 aromatic carbocycles. The molecule has 0 bridgehead atoms. The van der Waals surface area contributed by atoms with Crippen LogP contribution < -0.4 is 5.19 Å². The van der Waals surface area contributed by atoms with Crippen molar-refractivity contribution in [3.63, 3.8) is 0 Å². The second-order valence-electron chi connectivity index (χ2n) is 4.15. The molecule has 12 heavy (non-hydrogen) atoms. The summed E-state index contributed by atoms with van der Waals surface area (Å²) in [5.41, 5.74) is 1.43. The highest BCUT2D eigenvalue weighted by atomic mass is 31.0. The molecule has 0 amide bonds. The summed E-state index contributed by atoms with van der Waals surface area (Å²) in [6.45, 7) is 7.15. The first-order valence-electron chi connectivity index (χ1n) is 4.33. The molecule has 1 unspecified atom stereocenters. The molecule has 0 N–H and O–H groups in total. The van der Waals surface area contributed by atoms with Crippen LogP contribution in [0.25, 0.3) is 0 Å². The molecular formula is C10H17PSi. The van der Waals surface area contributed by atoms with Crippen LogP contribution in [0.1, 0.15) is 5.56 Å². The van der Waals surface area contributed by atoms with Crippen molar-refractivity contribution in [3.05, 3.63) is 29.8 Å². The van der Waals surface area contributed by atoms with E-state index in [4.69, 9.17) is 0 Å². The van der Waals surface area contributed by atoms with E-state index in [-0.39, 0.29) is 0 Å². The van der Waals surface area contributed by atoms with Crippen molar-refractivity contribution in [2.24, 2.45) is 0 Å². The Bertz CT molecular complexity index is 263. The maximum atomic E-state index is 2.77. The van der Waals surface area contributed by atoms with Crippen LogP contribution in [0.3, 0.4) is 0 Å². The second-order valence-corrected chi connectivity index (χ2v) is 9.64. The molecule has 0 aliphatic rings. The first kappa shape index (κ1) is 9.95. The summed E-state index contributed by atoms with van der Waals surface area (Å²) in [4.78, 5) is 0. The van der Waals surface area contributed by atoms with E-state index in [1.807, 2.05) is 0 Å². The van der Waals surface area contributed by atoms with Gasteiger partial charge in [-0.2, -0.15) is 0 Å². The fourth-order valence-corrected chi connectivity index (χ4v) is 2.63. The zero-order valence-electron chi connectivity index (χ0n) is 8.09. The van der Waals surface area contributed by atoms with Crippen molar-refractivity contribution >= 4 is 22.5 Å². The number of rotatable bonds is 2. The molecule has 0 aliphatic carbocycles. The molecule has 0 fully saturated rings. The Kier molecular flexibility index (Phi) is 3.08. The standard InChI is InChI=1S/C10H17PSi/c1-12(2,3)10-6-4-5-9(7-10)8-11/h4-7H,8,11H2,1-3H3. The molecule has 0 aromatic heterocycles. The maximum Gasteiger partial charge on any atom is 0.0776 e. The Labute approximate surface area is 78.6 Å². The molecule has 1 rings (SSSR count). The first-order valence-corrected chi connectivity index (χ1v) is 8.65. The Hall–Kier alpha value is -0.133. The van der Waals surface area contributed by atoms with E-state index in [2.05, 4.69) is 53.1 Å². The Morgan fingerprint density at radius 1 is 1.25 bits per heavy atom. The predicted molar refractivity (Wildman–Crippen MR) is 62.8 cm³/mol. The number of benzene rings is 1. The lowest BCUT2D eigenvalue weighted by atomic mass is 10.2. The van der Waals surface area contributed by atoms with Crippen molar-refractivity contribution in [3.8, 4) is 0 Å². The SMILES string of the molecule is C[Si](C)(C)c1cccc(CP)c1. The van der Waals surface area contributed by atoms with Gasteiger partial charge in [-0.05, 0) is 11.7 Å². The zero-order chi connectivity index (χ0) is 9.19. The molecular weight excluding hydrogens is 179 g/mol. The van der Waals surface area contributed by atoms with Gasteiger partial charge in [0.25, 0.3) is 0 Å². The fourth-order valence-electron chi connectivity index (χ4n) is 1.16. The lowest BCUT2D eigenvalue weighted by Gasteiger charge is -2.17. The van der Waals surface area contributed by atoms with Gasteiger partial charge in [0.15, 0.2) is 0 Å². The molecule has 1 aromatic rings. The molecule has 0 heterocycles. The summed E-state index contributed by atoms with van der Waals surface area (Å²) in [7, 11) is 1.68. The van der Waals surface area contributed by atoms with Crippen molar-refractivity contribution in [1.82, 2.24) is 0 Å². The second kappa shape index (κ2) is 3.72. The molecule has 2 heteroatoms. The van der Waals surface area contributed by atoms with Gasteiger partial charge in [-0.1, -0.05) is 49.1 Å². The normalized spacial score (nSPS) is 11.7. The van der Waals surface area contributed by atoms with E-state index >= 15 is 0 Å². The lowest BCUT2D eigenvalue weighted by molar-refractivity contribution is 1.43. The van der Waals surface area contributed by atoms with Crippen LogP contribution in [0.2, 0.25) is 19.6 Å². The highest BCUT2D eigenvalue weighted by molar-refractivity contribution is 7.15. The molecule has 0 spiro atoms. The Morgan fingerprint density at radius 3 is 2.42 bits per heavy atom. The summed E-state index contributed by atoms with van der Waals surface area (Å²) < 4.78 is 0. The van der Waals surface area contributed by atoms with E-state index in [9.17, 15) is 0 Å². The van der Waals surface area contributed by atoms with Crippen LogP contribution >= 0.6 is 9.24 Å². The number of hydrogen-bond acceptors (Lipinski definition) is 0. The molecule has 0 radical (unpaired) electrons. The van der Waals surface area contributed by atoms with Gasteiger partial charge in [0, 0.05) is 0 Å². The predicted octanol–water partition coefficient (Wildman–Crippen LogP) is 2.61. The molecule has 66 valence electrons. The van der Waals surface area contributed by atoms with Gasteiger partial charge in [-0.25, -0.2) is 0 Å². The van der Waals surface area contributed by atoms with Crippen LogP contribution in [0.5, 0.6) is 0 Å². The minimum atomic E-state index is -1.09. The molecule has 0 nitrogen and oxygen atoms in total. The monoisotopic (exact) mass is 196 g/mol. The smallest absolute Gasteiger partial charge is 0.0776 e. The summed E-state index contributed by atoms with van der Waals surface area (Å²) in [6, 6.07) is 8.97. The third-order valence-corrected chi connectivity index (χ3v) is 4.54. The maximum absolute atomic E-state index is 2.77. The third kappa shape index (κ3) is 2.43. The fraction of sp³-hybridized carbons (Fsp3) is 0.400. The zero-order valence-corrected chi connectivity index (χ0v) is 10.2. The summed E-state index contributed by atoms with van der Waals surface area (Å²) in [5.74, 6) is 0. The van der Waals surface area contributed by atoms with Gasteiger partial charge in [-0.3, -0.25) is 0 Å². The highest BCUT2D eigenvalue weighted by Crippen LogP contribution is 2.07. The van der Waals surface area contributed by atoms with Crippen molar-refractivity contribution in [1.29, 1.82) is 0 Å². The van der Waals surface area contributed by atoms with Gasteiger partial charge in [-0.15, -0.1) is 9.24 Å². The summed E-state index contributed by atoms with van der Waals surface area (Å²) in [5, 5.41) is 1.56. The quantitative estimate of drug-likeness (QED) is 0.504. The van der Waals surface area contributed by atoms with Crippen LogP contribution in [0.4, 0.5) is 0 Å². The topological polar surface area (TPSA) is 0 Å². The van der Waals surface area contributed by atoms with E-state index in [1.54, 1.807) is 5.19 Å². The van der Waals surface area contributed by atoms with Crippen molar-refractivity contribution < 1.29 is 0 Å². The first-order chi connectivity index (χ1) is 5.54. The number of hydrogen-bond donors (Lipinski definition) is 0. The van der Waals surface area contributed by atoms with Gasteiger partial charge in [0.05, 0.1) is 8.07 Å². The van der Waals surface area contributed by atoms with Gasteiger partial charge in [0.1, 0.15) is 0 Å². The lowest BCUT2D eigenvalue weighted by Crippen LogP contribution is -2.37. The average Bonchev–Trinajstić information content (AvgIpc) is 2.03. The van der Waals surface area contributed by atoms with Crippen molar-refractivity contribution in [2.75, 3.05) is 0 Å². The van der Waals surface area contributed by atoms with Gasteiger partial charge in [0.2, 0.25) is 0 Å². The van der Waals surface area contributed by atoms with Gasteiger partial charge < -0.3 is 0 Å². The van der Waals surface area contributed by atoms with Crippen LogP contribution in [-0.2, 0) is 6.16 Å². The van der Waals surface area contributed by atoms with Crippen LogP contribution in [0, 0.1) is 0 Å². The van der Waals surface area contributed by atoms with E-state index in [0.29, 0.717) is 0 Å². The van der Waals surface area contributed by atoms with E-state index in [0.717, 1.165) is 6.16 Å². The summed E-state index contributed by atoms with van der Waals surface area (Å²) in [6.07, 6.45) is 1.07. The van der Waals surface area contributed by atoms with Crippen LogP contribution in [0.15, 0.2) is 24.3 Å². The molecule has 1 atom stereocenters. The van der Waals surface area contributed by atoms with Crippen molar-refractivity contribution in [2.45, 2.75) is 25.8 Å². The average molecular weight is 196 g/mol. The highest BCUT2D eigenvalue weighted by Gasteiger charge is 2.15. The summed E-state index contributed by atoms with van der Waals surface area (Å²) >= 11 is 0. The molecule has 0 saturated carbocycles. The minimum absolute atomic E-state index is 1.07. The van der Waals surface area contributed by atoms with Gasteiger partial charge >= 0.3 is 0 Å². The largest absolute Gasteiger partial charge is 0.133 e. The molecule has 0 aliphatic heterocycles. The van der Waals surface area contributed by atoms with E-state index in [1.165, 1.54) is 5.56 Å². The Balaban J connectivity index is 3.02.